The van der Waals surface area contributed by atoms with Crippen molar-refractivity contribution in [1.82, 2.24) is 0 Å². The molecule has 0 saturated carbocycles. The van der Waals surface area contributed by atoms with Gasteiger partial charge in [-0.2, -0.15) is 0 Å². The second-order valence-electron chi connectivity index (χ2n) is 3.09. The van der Waals surface area contributed by atoms with Crippen LogP contribution < -0.4 is 0 Å². The minimum Gasteiger partial charge on any atom is -0.507 e. The third-order valence-corrected chi connectivity index (χ3v) is 2.06. The number of hydrogen-bond donors (Lipinski definition) is 1. The maximum absolute atomic E-state index is 10.9. The van der Waals surface area contributed by atoms with Gasteiger partial charge in [0.15, 0.2) is 6.29 Å². The smallest absolute Gasteiger partial charge is 0.305 e. The fourth-order valence-electron chi connectivity index (χ4n) is 1.20. The first-order valence-electron chi connectivity index (χ1n) is 4.51. The van der Waals surface area contributed by atoms with E-state index < -0.39 is 0 Å². The molecule has 0 aliphatic rings. The van der Waals surface area contributed by atoms with Crippen LogP contribution in [-0.2, 0) is 16.0 Å². The summed E-state index contributed by atoms with van der Waals surface area (Å²) in [6, 6.07) is 4.67. The van der Waals surface area contributed by atoms with Gasteiger partial charge >= 0.3 is 5.97 Å². The zero-order chi connectivity index (χ0) is 11.3. The highest BCUT2D eigenvalue weighted by Gasteiger charge is 2.04. The molecule has 0 aliphatic heterocycles. The highest BCUT2D eigenvalue weighted by atomic mass is 16.5. The summed E-state index contributed by atoms with van der Waals surface area (Å²) in [5.74, 6) is -0.345. The van der Waals surface area contributed by atoms with Crippen LogP contribution in [0.2, 0.25) is 0 Å². The zero-order valence-electron chi connectivity index (χ0n) is 8.40. The molecule has 0 aliphatic carbocycles. The molecule has 80 valence electrons. The molecule has 0 atom stereocenters. The number of esters is 1. The van der Waals surface area contributed by atoms with Gasteiger partial charge in [0.2, 0.25) is 0 Å². The van der Waals surface area contributed by atoms with Crippen molar-refractivity contribution in [1.29, 1.82) is 0 Å². The monoisotopic (exact) mass is 208 g/mol. The Hall–Kier alpha value is -1.84. The van der Waals surface area contributed by atoms with Gasteiger partial charge in [-0.1, -0.05) is 6.07 Å². The Kier molecular flexibility index (Phi) is 3.85. The molecule has 1 rings (SSSR count). The fourth-order valence-corrected chi connectivity index (χ4v) is 1.20. The third-order valence-electron chi connectivity index (χ3n) is 2.06. The summed E-state index contributed by atoms with van der Waals surface area (Å²) in [4.78, 5) is 21.4. The predicted octanol–water partition coefficient (Wildman–Crippen LogP) is 1.31. The van der Waals surface area contributed by atoms with Gasteiger partial charge in [-0.05, 0) is 24.1 Å². The number of hydrogen-bond acceptors (Lipinski definition) is 4. The normalized spacial score (nSPS) is 9.67. The average Bonchev–Trinajstić information content (AvgIpc) is 2.27. The minimum atomic E-state index is -0.296. The molecule has 0 bridgehead atoms. The number of phenolic OH excluding ortho intramolecular Hbond substituents is 1. The molecule has 0 amide bonds. The first kappa shape index (κ1) is 11.2. The van der Waals surface area contributed by atoms with Crippen LogP contribution in [-0.4, -0.2) is 24.5 Å². The van der Waals surface area contributed by atoms with E-state index in [2.05, 4.69) is 4.74 Å². The van der Waals surface area contributed by atoms with Crippen molar-refractivity contribution in [3.05, 3.63) is 29.3 Å². The summed E-state index contributed by atoms with van der Waals surface area (Å²) in [5, 5.41) is 9.24. The topological polar surface area (TPSA) is 63.6 Å². The molecule has 0 spiro atoms. The molecule has 15 heavy (non-hydrogen) atoms. The van der Waals surface area contributed by atoms with Gasteiger partial charge < -0.3 is 9.84 Å². The van der Waals surface area contributed by atoms with E-state index in [9.17, 15) is 14.7 Å². The average molecular weight is 208 g/mol. The first-order valence-corrected chi connectivity index (χ1v) is 4.51. The number of ether oxygens (including phenoxy) is 1. The molecule has 0 fully saturated rings. The SMILES string of the molecule is COC(=O)CCc1ccc(O)c(C=O)c1. The summed E-state index contributed by atoms with van der Waals surface area (Å²) in [7, 11) is 1.33. The van der Waals surface area contributed by atoms with E-state index in [4.69, 9.17) is 0 Å². The maximum Gasteiger partial charge on any atom is 0.305 e. The van der Waals surface area contributed by atoms with Crippen molar-refractivity contribution in [3.8, 4) is 5.75 Å². The molecule has 1 aromatic carbocycles. The van der Waals surface area contributed by atoms with Crippen molar-refractivity contribution < 1.29 is 19.4 Å². The zero-order valence-corrected chi connectivity index (χ0v) is 8.40. The summed E-state index contributed by atoms with van der Waals surface area (Å²) in [6.07, 6.45) is 1.34. The van der Waals surface area contributed by atoms with Gasteiger partial charge in [0.1, 0.15) is 5.75 Å². The van der Waals surface area contributed by atoms with E-state index in [1.807, 2.05) is 0 Å². The maximum atomic E-state index is 10.9. The Labute approximate surface area is 87.5 Å². The molecule has 1 aromatic rings. The number of phenols is 1. The van der Waals surface area contributed by atoms with Crippen LogP contribution >= 0.6 is 0 Å². The lowest BCUT2D eigenvalue weighted by Crippen LogP contribution is -2.02. The minimum absolute atomic E-state index is 0.0492. The quantitative estimate of drug-likeness (QED) is 0.598. The van der Waals surface area contributed by atoms with Gasteiger partial charge in [0.25, 0.3) is 0 Å². The summed E-state index contributed by atoms with van der Waals surface area (Å²) < 4.78 is 4.49. The van der Waals surface area contributed by atoms with Crippen LogP contribution in [0.3, 0.4) is 0 Å². The van der Waals surface area contributed by atoms with Crippen LogP contribution in [0.25, 0.3) is 0 Å². The summed E-state index contributed by atoms with van der Waals surface area (Å²) in [5.41, 5.74) is 1.05. The fraction of sp³-hybridized carbons (Fsp3) is 0.273. The molecule has 0 radical (unpaired) electrons. The lowest BCUT2D eigenvalue weighted by Gasteiger charge is -2.02. The summed E-state index contributed by atoms with van der Waals surface area (Å²) in [6.45, 7) is 0. The Morgan fingerprint density at radius 2 is 2.27 bits per heavy atom. The highest BCUT2D eigenvalue weighted by molar-refractivity contribution is 5.79. The van der Waals surface area contributed by atoms with E-state index in [1.54, 1.807) is 12.1 Å². The number of carbonyl (C=O) groups is 2. The molecule has 0 aromatic heterocycles. The van der Waals surface area contributed by atoms with E-state index in [0.717, 1.165) is 5.56 Å². The van der Waals surface area contributed by atoms with Gasteiger partial charge in [-0.15, -0.1) is 0 Å². The van der Waals surface area contributed by atoms with E-state index in [-0.39, 0.29) is 23.7 Å². The highest BCUT2D eigenvalue weighted by Crippen LogP contribution is 2.17. The van der Waals surface area contributed by atoms with Crippen molar-refractivity contribution in [2.45, 2.75) is 12.8 Å². The second kappa shape index (κ2) is 5.14. The molecule has 0 saturated heterocycles. The first-order chi connectivity index (χ1) is 7.17. The van der Waals surface area contributed by atoms with E-state index in [1.165, 1.54) is 13.2 Å². The summed E-state index contributed by atoms with van der Waals surface area (Å²) >= 11 is 0. The number of carbonyl (C=O) groups excluding carboxylic acids is 2. The number of aromatic hydroxyl groups is 1. The van der Waals surface area contributed by atoms with Gasteiger partial charge in [-0.3, -0.25) is 9.59 Å². The van der Waals surface area contributed by atoms with Crippen LogP contribution in [0.4, 0.5) is 0 Å². The number of rotatable bonds is 4. The van der Waals surface area contributed by atoms with Gasteiger partial charge in [0.05, 0.1) is 12.7 Å². The van der Waals surface area contributed by atoms with Crippen molar-refractivity contribution in [3.63, 3.8) is 0 Å². The number of aldehydes is 1. The van der Waals surface area contributed by atoms with Crippen LogP contribution in [0.1, 0.15) is 22.3 Å². The van der Waals surface area contributed by atoms with Gasteiger partial charge in [-0.25, -0.2) is 0 Å². The standard InChI is InChI=1S/C11H12O4/c1-15-11(14)5-3-8-2-4-10(13)9(6-8)7-12/h2,4,6-7,13H,3,5H2,1H3. The molecule has 0 unspecified atom stereocenters. The van der Waals surface area contributed by atoms with E-state index >= 15 is 0 Å². The van der Waals surface area contributed by atoms with Crippen LogP contribution in [0.15, 0.2) is 18.2 Å². The van der Waals surface area contributed by atoms with Gasteiger partial charge in [0, 0.05) is 6.42 Å². The molecular weight excluding hydrogens is 196 g/mol. The third kappa shape index (κ3) is 3.09. The second-order valence-corrected chi connectivity index (χ2v) is 3.09. The number of benzene rings is 1. The molecule has 0 heterocycles. The molecule has 4 nitrogen and oxygen atoms in total. The largest absolute Gasteiger partial charge is 0.507 e. The number of methoxy groups -OCH3 is 1. The molecular formula is C11H12O4. The Balaban J connectivity index is 2.70. The lowest BCUT2D eigenvalue weighted by molar-refractivity contribution is -0.140. The predicted molar refractivity (Wildman–Crippen MR) is 53.8 cm³/mol. The van der Waals surface area contributed by atoms with Crippen molar-refractivity contribution in [2.75, 3.05) is 7.11 Å². The molecule has 1 N–H and O–H groups in total. The lowest BCUT2D eigenvalue weighted by atomic mass is 10.1. The molecule has 4 heteroatoms. The van der Waals surface area contributed by atoms with Crippen LogP contribution in [0.5, 0.6) is 5.75 Å². The Morgan fingerprint density at radius 3 is 2.87 bits per heavy atom. The Bertz CT molecular complexity index is 371. The van der Waals surface area contributed by atoms with E-state index in [0.29, 0.717) is 12.7 Å². The Morgan fingerprint density at radius 1 is 1.53 bits per heavy atom. The van der Waals surface area contributed by atoms with Crippen molar-refractivity contribution in [2.24, 2.45) is 0 Å². The van der Waals surface area contributed by atoms with Crippen molar-refractivity contribution >= 4 is 12.3 Å². The number of aryl methyl sites for hydroxylation is 1. The van der Waals surface area contributed by atoms with Crippen LogP contribution in [0, 0.1) is 0 Å².